The summed E-state index contributed by atoms with van der Waals surface area (Å²) in [5.74, 6) is -4.09. The molecule has 0 spiro atoms. The highest BCUT2D eigenvalue weighted by atomic mass is 16.6. The lowest BCUT2D eigenvalue weighted by Crippen LogP contribution is -2.38. The van der Waals surface area contributed by atoms with E-state index >= 15 is 0 Å². The molecule has 1 aromatic rings. The Bertz CT molecular complexity index is 1030. The van der Waals surface area contributed by atoms with Gasteiger partial charge in [0.2, 0.25) is 0 Å². The zero-order chi connectivity index (χ0) is 30.1. The molecule has 9 nitrogen and oxygen atoms in total. The maximum Gasteiger partial charge on any atom is 0.321 e. The van der Waals surface area contributed by atoms with Gasteiger partial charge in [0.05, 0.1) is 23.9 Å². The molecule has 0 radical (unpaired) electrons. The van der Waals surface area contributed by atoms with Crippen molar-refractivity contribution >= 4 is 23.9 Å². The van der Waals surface area contributed by atoms with Crippen molar-refractivity contribution in [2.75, 3.05) is 0 Å². The minimum Gasteiger partial charge on any atom is -0.480 e. The Balaban J connectivity index is 2.39. The van der Waals surface area contributed by atoms with Crippen molar-refractivity contribution in [3.8, 4) is 11.5 Å². The van der Waals surface area contributed by atoms with E-state index in [0.717, 1.165) is 32.1 Å². The van der Waals surface area contributed by atoms with Gasteiger partial charge in [-0.15, -0.1) is 0 Å². The monoisotopic (exact) mass is 561 g/mol. The highest BCUT2D eigenvalue weighted by Crippen LogP contribution is 2.36. The van der Waals surface area contributed by atoms with Crippen LogP contribution in [0, 0.1) is 29.6 Å². The van der Waals surface area contributed by atoms with Crippen LogP contribution in [0.1, 0.15) is 98.5 Å². The van der Waals surface area contributed by atoms with Crippen molar-refractivity contribution in [3.05, 3.63) is 23.8 Å². The third kappa shape index (κ3) is 9.32. The molecule has 0 aliphatic heterocycles. The zero-order valence-electron chi connectivity index (χ0n) is 25.0. The Morgan fingerprint density at radius 3 is 1.88 bits per heavy atom. The van der Waals surface area contributed by atoms with Crippen molar-refractivity contribution in [2.24, 2.45) is 35.3 Å². The topological polar surface area (TPSA) is 142 Å². The van der Waals surface area contributed by atoms with Gasteiger partial charge in [0, 0.05) is 5.92 Å². The standard InChI is InChI=1S/C31H47NO8/c1-17(2)20(6)29(35)39-25-14-13-23(16-26(25)40-30(36)21(7)18(3)4)24(27(32)28(33)34)15-19(5)38-31(37)22-11-9-8-10-12-22/h13-14,16-22,24,27H,8-12,15,32H2,1-7H3,(H,33,34)/t19?,20?,21?,24?,27-/m0/s1. The van der Waals surface area contributed by atoms with Crippen molar-refractivity contribution in [3.63, 3.8) is 0 Å². The summed E-state index contributed by atoms with van der Waals surface area (Å²) in [5, 5.41) is 9.76. The predicted molar refractivity (Wildman–Crippen MR) is 151 cm³/mol. The van der Waals surface area contributed by atoms with E-state index in [2.05, 4.69) is 0 Å². The molecule has 0 bridgehead atoms. The molecule has 224 valence electrons. The minimum absolute atomic E-state index is 0.00810. The zero-order valence-corrected chi connectivity index (χ0v) is 25.0. The second-order valence-corrected chi connectivity index (χ2v) is 11.9. The molecule has 9 heteroatoms. The maximum atomic E-state index is 12.9. The first-order valence-electron chi connectivity index (χ1n) is 14.5. The lowest BCUT2D eigenvalue weighted by Gasteiger charge is -2.27. The van der Waals surface area contributed by atoms with Crippen LogP contribution in [0.5, 0.6) is 11.5 Å². The number of benzene rings is 1. The number of rotatable bonds is 13. The molecule has 1 aliphatic carbocycles. The van der Waals surface area contributed by atoms with Crippen LogP contribution in [0.15, 0.2) is 18.2 Å². The smallest absolute Gasteiger partial charge is 0.321 e. The molecule has 1 aromatic carbocycles. The highest BCUT2D eigenvalue weighted by Gasteiger charge is 2.32. The van der Waals surface area contributed by atoms with E-state index in [0.29, 0.717) is 5.56 Å². The summed E-state index contributed by atoms with van der Waals surface area (Å²) in [6.07, 6.45) is 4.23. The summed E-state index contributed by atoms with van der Waals surface area (Å²) >= 11 is 0. The Kier molecular flexibility index (Phi) is 12.6. The van der Waals surface area contributed by atoms with Crippen LogP contribution < -0.4 is 15.2 Å². The van der Waals surface area contributed by atoms with Gasteiger partial charge in [0.15, 0.2) is 11.5 Å². The summed E-state index contributed by atoms with van der Waals surface area (Å²) < 4.78 is 17.0. The molecule has 0 aromatic heterocycles. The quantitative estimate of drug-likeness (QED) is 0.236. The highest BCUT2D eigenvalue weighted by molar-refractivity contribution is 5.79. The molecule has 0 amide bonds. The van der Waals surface area contributed by atoms with E-state index in [1.54, 1.807) is 26.8 Å². The molecule has 40 heavy (non-hydrogen) atoms. The van der Waals surface area contributed by atoms with Crippen molar-refractivity contribution in [1.82, 2.24) is 0 Å². The normalized spacial score (nSPS) is 17.9. The van der Waals surface area contributed by atoms with Gasteiger partial charge in [-0.05, 0) is 55.7 Å². The number of hydrogen-bond donors (Lipinski definition) is 2. The van der Waals surface area contributed by atoms with Crippen LogP contribution >= 0.6 is 0 Å². The number of carboxylic acid groups (broad SMARTS) is 1. The Hall–Kier alpha value is -2.94. The minimum atomic E-state index is -1.32. The van der Waals surface area contributed by atoms with E-state index in [9.17, 15) is 24.3 Å². The van der Waals surface area contributed by atoms with Crippen molar-refractivity contribution < 1.29 is 38.5 Å². The van der Waals surface area contributed by atoms with Gasteiger partial charge in [0.25, 0.3) is 0 Å². The average molecular weight is 562 g/mol. The van der Waals surface area contributed by atoms with E-state index in [1.165, 1.54) is 12.1 Å². The van der Waals surface area contributed by atoms with Crippen LogP contribution in [0.2, 0.25) is 0 Å². The van der Waals surface area contributed by atoms with Crippen LogP contribution in [-0.4, -0.2) is 41.1 Å². The Labute approximate surface area is 238 Å². The Morgan fingerprint density at radius 2 is 1.38 bits per heavy atom. The second kappa shape index (κ2) is 15.2. The molecule has 0 saturated heterocycles. The molecule has 1 aliphatic rings. The summed E-state index contributed by atoms with van der Waals surface area (Å²) in [4.78, 5) is 50.2. The molecule has 1 saturated carbocycles. The molecule has 1 fully saturated rings. The molecule has 4 unspecified atom stereocenters. The van der Waals surface area contributed by atoms with Gasteiger partial charge >= 0.3 is 23.9 Å². The van der Waals surface area contributed by atoms with E-state index in [4.69, 9.17) is 19.9 Å². The summed E-state index contributed by atoms with van der Waals surface area (Å²) in [6, 6.07) is 3.28. The van der Waals surface area contributed by atoms with E-state index < -0.39 is 47.8 Å². The van der Waals surface area contributed by atoms with Crippen molar-refractivity contribution in [1.29, 1.82) is 0 Å². The first kappa shape index (κ1) is 33.3. The van der Waals surface area contributed by atoms with E-state index in [-0.39, 0.29) is 41.6 Å². The Morgan fingerprint density at radius 1 is 0.850 bits per heavy atom. The first-order chi connectivity index (χ1) is 18.7. The van der Waals surface area contributed by atoms with Gasteiger partial charge in [0.1, 0.15) is 6.04 Å². The van der Waals surface area contributed by atoms with Gasteiger partial charge in [-0.1, -0.05) is 66.9 Å². The fourth-order valence-electron chi connectivity index (χ4n) is 4.57. The number of carbonyl (C=O) groups is 4. The summed E-state index contributed by atoms with van der Waals surface area (Å²) in [7, 11) is 0. The van der Waals surface area contributed by atoms with Crippen LogP contribution in [0.3, 0.4) is 0 Å². The lowest BCUT2D eigenvalue weighted by atomic mass is 9.86. The van der Waals surface area contributed by atoms with Crippen LogP contribution in [0.4, 0.5) is 0 Å². The second-order valence-electron chi connectivity index (χ2n) is 11.9. The third-order valence-corrected chi connectivity index (χ3v) is 8.12. The number of esters is 3. The molecule has 3 N–H and O–H groups in total. The summed E-state index contributed by atoms with van der Waals surface area (Å²) in [5.41, 5.74) is 6.58. The van der Waals surface area contributed by atoms with Crippen LogP contribution in [-0.2, 0) is 23.9 Å². The first-order valence-corrected chi connectivity index (χ1v) is 14.5. The average Bonchev–Trinajstić information content (AvgIpc) is 2.91. The maximum absolute atomic E-state index is 12.9. The largest absolute Gasteiger partial charge is 0.480 e. The fourth-order valence-corrected chi connectivity index (χ4v) is 4.57. The van der Waals surface area contributed by atoms with Gasteiger partial charge in [-0.25, -0.2) is 0 Å². The number of ether oxygens (including phenoxy) is 3. The van der Waals surface area contributed by atoms with Crippen molar-refractivity contribution in [2.45, 2.75) is 105 Å². The SMILES string of the molecule is CC(CC(c1ccc(OC(=O)C(C)C(C)C)c(OC(=O)C(C)C(C)C)c1)[C@H](N)C(=O)O)OC(=O)C1CCCCC1. The van der Waals surface area contributed by atoms with Gasteiger partial charge in [-0.3, -0.25) is 19.2 Å². The molecular formula is C31H47NO8. The number of aliphatic carboxylic acids is 1. The van der Waals surface area contributed by atoms with E-state index in [1.807, 2.05) is 27.7 Å². The summed E-state index contributed by atoms with van der Waals surface area (Å²) in [6.45, 7) is 12.8. The van der Waals surface area contributed by atoms with Crippen LogP contribution in [0.25, 0.3) is 0 Å². The number of carbonyl (C=O) groups excluding carboxylic acids is 3. The number of nitrogens with two attached hydrogens (primary N) is 1. The van der Waals surface area contributed by atoms with Gasteiger partial charge in [-0.2, -0.15) is 0 Å². The predicted octanol–water partition coefficient (Wildman–Crippen LogP) is 5.48. The molecular weight excluding hydrogens is 514 g/mol. The van der Waals surface area contributed by atoms with Gasteiger partial charge < -0.3 is 25.1 Å². The molecule has 5 atom stereocenters. The number of hydrogen-bond acceptors (Lipinski definition) is 8. The number of carboxylic acids is 1. The molecule has 2 rings (SSSR count). The third-order valence-electron chi connectivity index (χ3n) is 8.12. The fraction of sp³-hybridized carbons (Fsp3) is 0.677. The molecule has 0 heterocycles. The lowest BCUT2D eigenvalue weighted by molar-refractivity contribution is -0.155.